The fourth-order valence-corrected chi connectivity index (χ4v) is 3.06. The fraction of sp³-hybridized carbons (Fsp3) is 0.176. The number of hydrogen-bond acceptors (Lipinski definition) is 3. The van der Waals surface area contributed by atoms with Crippen LogP contribution in [0.25, 0.3) is 11.0 Å². The number of nitrogens with zero attached hydrogens (tertiary/aromatic N) is 1. The quantitative estimate of drug-likeness (QED) is 0.703. The van der Waals surface area contributed by atoms with Crippen molar-refractivity contribution in [2.75, 3.05) is 13.7 Å². The number of halogens is 1. The van der Waals surface area contributed by atoms with Gasteiger partial charge >= 0.3 is 5.69 Å². The molecule has 0 saturated carbocycles. The maximum Gasteiger partial charge on any atom is 0.326 e. The first kappa shape index (κ1) is 16.3. The van der Waals surface area contributed by atoms with Crippen LogP contribution in [0.2, 0.25) is 0 Å². The predicted molar refractivity (Wildman–Crippen MR) is 95.6 cm³/mol. The number of rotatable bonds is 5. The average molecular weight is 390 g/mol. The topological polar surface area (TPSA) is 76.1 Å². The molecule has 0 aliphatic rings. The van der Waals surface area contributed by atoms with Crippen LogP contribution in [0.1, 0.15) is 10.4 Å². The number of benzene rings is 2. The summed E-state index contributed by atoms with van der Waals surface area (Å²) in [6.07, 6.45) is 0. The van der Waals surface area contributed by atoms with Crippen molar-refractivity contribution < 1.29 is 9.53 Å². The van der Waals surface area contributed by atoms with E-state index in [0.717, 1.165) is 11.0 Å². The Kier molecular flexibility index (Phi) is 4.71. The zero-order valence-corrected chi connectivity index (χ0v) is 14.6. The highest BCUT2D eigenvalue weighted by atomic mass is 79.9. The summed E-state index contributed by atoms with van der Waals surface area (Å²) in [6, 6.07) is 12.6. The number of aromatic nitrogens is 2. The van der Waals surface area contributed by atoms with Crippen LogP contribution < -0.4 is 15.7 Å². The molecule has 1 amide bonds. The smallest absolute Gasteiger partial charge is 0.326 e. The van der Waals surface area contributed by atoms with E-state index in [4.69, 9.17) is 4.74 Å². The lowest BCUT2D eigenvalue weighted by atomic mass is 10.2. The third-order valence-electron chi connectivity index (χ3n) is 3.72. The van der Waals surface area contributed by atoms with E-state index in [1.807, 2.05) is 24.3 Å². The molecule has 0 spiro atoms. The highest BCUT2D eigenvalue weighted by Gasteiger charge is 2.10. The number of fused-ring (bicyclic) bond motifs is 1. The summed E-state index contributed by atoms with van der Waals surface area (Å²) in [6.45, 7) is 0.746. The lowest BCUT2D eigenvalue weighted by Gasteiger charge is -2.08. The highest BCUT2D eigenvalue weighted by molar-refractivity contribution is 9.10. The Morgan fingerprint density at radius 2 is 2.08 bits per heavy atom. The van der Waals surface area contributed by atoms with Gasteiger partial charge in [0.05, 0.1) is 22.6 Å². The number of aromatic amines is 1. The maximum atomic E-state index is 12.2. The minimum Gasteiger partial charge on any atom is -0.496 e. The second-order valence-electron chi connectivity index (χ2n) is 5.20. The molecule has 6 nitrogen and oxygen atoms in total. The molecular weight excluding hydrogens is 374 g/mol. The van der Waals surface area contributed by atoms with E-state index in [-0.39, 0.29) is 11.6 Å². The standard InChI is InChI=1S/C17H16BrN3O3/c1-24-15-7-6-11(10-12(15)18)16(22)19-8-9-21-14-5-3-2-4-13(14)20-17(21)23/h2-7,10H,8-9H2,1H3,(H,19,22)(H,20,23). The van der Waals surface area contributed by atoms with Crippen molar-refractivity contribution in [3.63, 3.8) is 0 Å². The van der Waals surface area contributed by atoms with Gasteiger partial charge in [-0.25, -0.2) is 4.79 Å². The van der Waals surface area contributed by atoms with Crippen molar-refractivity contribution in [3.05, 3.63) is 63.0 Å². The Bertz CT molecular complexity index is 946. The number of para-hydroxylation sites is 2. The lowest BCUT2D eigenvalue weighted by molar-refractivity contribution is 0.0952. The van der Waals surface area contributed by atoms with Gasteiger partial charge in [0.25, 0.3) is 5.91 Å². The number of methoxy groups -OCH3 is 1. The van der Waals surface area contributed by atoms with Gasteiger partial charge in [0.1, 0.15) is 5.75 Å². The van der Waals surface area contributed by atoms with E-state index in [9.17, 15) is 9.59 Å². The zero-order chi connectivity index (χ0) is 17.1. The molecule has 0 aliphatic carbocycles. The van der Waals surface area contributed by atoms with Gasteiger partial charge in [-0.2, -0.15) is 0 Å². The van der Waals surface area contributed by atoms with Gasteiger partial charge in [0.15, 0.2) is 0 Å². The third kappa shape index (κ3) is 3.21. The molecule has 24 heavy (non-hydrogen) atoms. The van der Waals surface area contributed by atoms with Crippen molar-refractivity contribution in [2.45, 2.75) is 6.54 Å². The highest BCUT2D eigenvalue weighted by Crippen LogP contribution is 2.25. The molecule has 2 N–H and O–H groups in total. The molecule has 124 valence electrons. The van der Waals surface area contributed by atoms with Crippen molar-refractivity contribution in [1.29, 1.82) is 0 Å². The molecule has 3 aromatic rings. The van der Waals surface area contributed by atoms with Crippen LogP contribution in [-0.4, -0.2) is 29.1 Å². The van der Waals surface area contributed by atoms with Gasteiger partial charge in [-0.3, -0.25) is 9.36 Å². The molecular formula is C17H16BrN3O3. The Labute approximate surface area is 146 Å². The van der Waals surface area contributed by atoms with Gasteiger partial charge in [0.2, 0.25) is 0 Å². The van der Waals surface area contributed by atoms with Crippen LogP contribution in [0.5, 0.6) is 5.75 Å². The molecule has 7 heteroatoms. The number of hydrogen-bond donors (Lipinski definition) is 2. The Morgan fingerprint density at radius 3 is 2.83 bits per heavy atom. The largest absolute Gasteiger partial charge is 0.496 e. The molecule has 0 aliphatic heterocycles. The minimum atomic E-state index is -0.203. The normalized spacial score (nSPS) is 10.8. The molecule has 0 bridgehead atoms. The van der Waals surface area contributed by atoms with Crippen molar-refractivity contribution in [3.8, 4) is 5.75 Å². The van der Waals surface area contributed by atoms with Gasteiger partial charge in [-0.1, -0.05) is 12.1 Å². The van der Waals surface area contributed by atoms with Crippen LogP contribution in [0.3, 0.4) is 0 Å². The van der Waals surface area contributed by atoms with Crippen molar-refractivity contribution in [1.82, 2.24) is 14.9 Å². The van der Waals surface area contributed by atoms with Crippen molar-refractivity contribution >= 4 is 32.9 Å². The SMILES string of the molecule is COc1ccc(C(=O)NCCn2c(=O)[nH]c3ccccc32)cc1Br. The van der Waals surface area contributed by atoms with E-state index >= 15 is 0 Å². The Balaban J connectivity index is 1.67. The molecule has 0 atom stereocenters. The first-order valence-electron chi connectivity index (χ1n) is 7.39. The van der Waals surface area contributed by atoms with Gasteiger partial charge in [-0.15, -0.1) is 0 Å². The number of carbonyl (C=O) groups is 1. The van der Waals surface area contributed by atoms with Crippen LogP contribution in [0, 0.1) is 0 Å². The summed E-state index contributed by atoms with van der Waals surface area (Å²) in [5.74, 6) is 0.461. The summed E-state index contributed by atoms with van der Waals surface area (Å²) in [7, 11) is 1.57. The number of carbonyl (C=O) groups excluding carboxylic acids is 1. The monoisotopic (exact) mass is 389 g/mol. The van der Waals surface area contributed by atoms with E-state index in [1.165, 1.54) is 0 Å². The first-order chi connectivity index (χ1) is 11.6. The van der Waals surface area contributed by atoms with E-state index in [0.29, 0.717) is 28.9 Å². The zero-order valence-electron chi connectivity index (χ0n) is 13.0. The molecule has 2 aromatic carbocycles. The predicted octanol–water partition coefficient (Wildman–Crippen LogP) is 2.53. The van der Waals surface area contributed by atoms with E-state index in [2.05, 4.69) is 26.2 Å². The van der Waals surface area contributed by atoms with Crippen LogP contribution in [-0.2, 0) is 6.54 Å². The van der Waals surface area contributed by atoms with Crippen molar-refractivity contribution in [2.24, 2.45) is 0 Å². The second-order valence-corrected chi connectivity index (χ2v) is 6.06. The van der Waals surface area contributed by atoms with Gasteiger partial charge in [0, 0.05) is 18.7 Å². The average Bonchev–Trinajstić information content (AvgIpc) is 2.90. The first-order valence-corrected chi connectivity index (χ1v) is 8.18. The molecule has 0 radical (unpaired) electrons. The van der Waals surface area contributed by atoms with Gasteiger partial charge < -0.3 is 15.0 Å². The van der Waals surface area contributed by atoms with E-state index in [1.54, 1.807) is 29.9 Å². The minimum absolute atomic E-state index is 0.183. The van der Waals surface area contributed by atoms with Crippen LogP contribution >= 0.6 is 15.9 Å². The Morgan fingerprint density at radius 1 is 1.29 bits per heavy atom. The maximum absolute atomic E-state index is 12.2. The molecule has 3 rings (SSSR count). The number of nitrogens with one attached hydrogen (secondary N) is 2. The third-order valence-corrected chi connectivity index (χ3v) is 4.34. The summed E-state index contributed by atoms with van der Waals surface area (Å²) < 4.78 is 7.47. The summed E-state index contributed by atoms with van der Waals surface area (Å²) >= 11 is 3.36. The number of H-pyrrole nitrogens is 1. The molecule has 0 unspecified atom stereocenters. The summed E-state index contributed by atoms with van der Waals surface area (Å²) in [5.41, 5.74) is 1.95. The van der Waals surface area contributed by atoms with Crippen LogP contribution in [0.15, 0.2) is 51.7 Å². The van der Waals surface area contributed by atoms with Gasteiger partial charge in [-0.05, 0) is 46.3 Å². The Hall–Kier alpha value is -2.54. The molecule has 0 fully saturated rings. The summed E-state index contributed by atoms with van der Waals surface area (Å²) in [4.78, 5) is 27.0. The number of amides is 1. The molecule has 1 heterocycles. The molecule has 1 aromatic heterocycles. The van der Waals surface area contributed by atoms with E-state index < -0.39 is 0 Å². The lowest BCUT2D eigenvalue weighted by Crippen LogP contribution is -2.30. The molecule has 0 saturated heterocycles. The number of ether oxygens (including phenoxy) is 1. The van der Waals surface area contributed by atoms with Crippen LogP contribution in [0.4, 0.5) is 0 Å². The second kappa shape index (κ2) is 6.92. The fourth-order valence-electron chi connectivity index (χ4n) is 2.52. The number of imidazole rings is 1. The summed E-state index contributed by atoms with van der Waals surface area (Å²) in [5, 5.41) is 2.82.